The lowest BCUT2D eigenvalue weighted by atomic mass is 10.1. The van der Waals surface area contributed by atoms with Crippen molar-refractivity contribution in [2.75, 3.05) is 0 Å². The maximum absolute atomic E-state index is 12.1. The van der Waals surface area contributed by atoms with Gasteiger partial charge in [0.15, 0.2) is 0 Å². The number of non-ortho nitro benzene ring substituents is 1. The van der Waals surface area contributed by atoms with E-state index in [1.165, 1.54) is 24.6 Å². The molecule has 132 valence electrons. The average Bonchev–Trinajstić information content (AvgIpc) is 2.56. The zero-order chi connectivity index (χ0) is 17.9. The number of rotatable bonds is 11. The lowest BCUT2D eigenvalue weighted by molar-refractivity contribution is -0.384. The van der Waals surface area contributed by atoms with Crippen molar-refractivity contribution in [1.82, 2.24) is 5.32 Å². The molecule has 7 heteroatoms. The summed E-state index contributed by atoms with van der Waals surface area (Å²) < 4.78 is 0. The summed E-state index contributed by atoms with van der Waals surface area (Å²) in [6, 6.07) is 4.26. The zero-order valence-corrected chi connectivity index (χ0v) is 13.9. The summed E-state index contributed by atoms with van der Waals surface area (Å²) in [4.78, 5) is 33.5. The monoisotopic (exact) mass is 336 g/mol. The number of nitrogens with one attached hydrogen (secondary N) is 1. The largest absolute Gasteiger partial charge is 0.480 e. The van der Waals surface area contributed by atoms with Crippen LogP contribution in [0.25, 0.3) is 0 Å². The highest BCUT2D eigenvalue weighted by molar-refractivity contribution is 5.97. The van der Waals surface area contributed by atoms with Crippen molar-refractivity contribution in [1.29, 1.82) is 0 Å². The molecule has 1 rings (SSSR count). The van der Waals surface area contributed by atoms with Gasteiger partial charge >= 0.3 is 5.97 Å². The van der Waals surface area contributed by atoms with Crippen LogP contribution in [0.2, 0.25) is 0 Å². The van der Waals surface area contributed by atoms with Crippen molar-refractivity contribution in [3.8, 4) is 0 Å². The van der Waals surface area contributed by atoms with E-state index in [1.807, 2.05) is 0 Å². The molecule has 1 aromatic rings. The second-order valence-corrected chi connectivity index (χ2v) is 5.73. The molecule has 0 unspecified atom stereocenters. The van der Waals surface area contributed by atoms with Gasteiger partial charge in [-0.25, -0.2) is 4.79 Å². The van der Waals surface area contributed by atoms with Gasteiger partial charge < -0.3 is 10.4 Å². The third-order valence-corrected chi connectivity index (χ3v) is 3.77. The van der Waals surface area contributed by atoms with Gasteiger partial charge in [0.05, 0.1) is 4.92 Å². The zero-order valence-electron chi connectivity index (χ0n) is 13.9. The Balaban J connectivity index is 2.55. The highest BCUT2D eigenvalue weighted by atomic mass is 16.6. The lowest BCUT2D eigenvalue weighted by Gasteiger charge is -2.14. The molecule has 7 nitrogen and oxygen atoms in total. The Hall–Kier alpha value is -2.44. The fraction of sp³-hybridized carbons (Fsp3) is 0.529. The average molecular weight is 336 g/mol. The normalized spacial score (nSPS) is 11.7. The number of nitro groups is 1. The summed E-state index contributed by atoms with van der Waals surface area (Å²) in [5.41, 5.74) is -0.121. The van der Waals surface area contributed by atoms with Gasteiger partial charge in [-0.05, 0) is 12.5 Å². The molecule has 0 aromatic heterocycles. The summed E-state index contributed by atoms with van der Waals surface area (Å²) >= 11 is 0. The first-order chi connectivity index (χ1) is 11.5. The van der Waals surface area contributed by atoms with Crippen molar-refractivity contribution in [2.24, 2.45) is 0 Å². The quantitative estimate of drug-likeness (QED) is 0.365. The van der Waals surface area contributed by atoms with Gasteiger partial charge in [-0.3, -0.25) is 14.9 Å². The molecule has 0 heterocycles. The fourth-order valence-electron chi connectivity index (χ4n) is 2.39. The van der Waals surface area contributed by atoms with E-state index in [2.05, 4.69) is 12.2 Å². The predicted molar refractivity (Wildman–Crippen MR) is 90.0 cm³/mol. The van der Waals surface area contributed by atoms with Crippen molar-refractivity contribution in [3.05, 3.63) is 39.9 Å². The Morgan fingerprint density at radius 2 is 1.88 bits per heavy atom. The van der Waals surface area contributed by atoms with E-state index in [4.69, 9.17) is 0 Å². The summed E-state index contributed by atoms with van der Waals surface area (Å²) in [5.74, 6) is -1.71. The lowest BCUT2D eigenvalue weighted by Crippen LogP contribution is -2.40. The molecule has 0 aliphatic carbocycles. The molecule has 0 aliphatic rings. The van der Waals surface area contributed by atoms with Crippen LogP contribution in [-0.4, -0.2) is 27.9 Å². The van der Waals surface area contributed by atoms with Gasteiger partial charge in [-0.1, -0.05) is 51.5 Å². The Kier molecular flexibility index (Phi) is 8.46. The molecule has 0 radical (unpaired) electrons. The first-order valence-corrected chi connectivity index (χ1v) is 8.23. The fourth-order valence-corrected chi connectivity index (χ4v) is 2.39. The topological polar surface area (TPSA) is 110 Å². The number of benzene rings is 1. The number of carboxylic acid groups (broad SMARTS) is 1. The van der Waals surface area contributed by atoms with Gasteiger partial charge in [0.2, 0.25) is 0 Å². The second-order valence-electron chi connectivity index (χ2n) is 5.73. The number of nitrogens with zero attached hydrogens (tertiary/aromatic N) is 1. The standard InChI is InChI=1S/C17H24N2O5/c1-2-3-4-5-6-7-11-15(17(21)22)18-16(20)13-9-8-10-14(12-13)19(23)24/h8-10,12,15H,2-7,11H2,1H3,(H,18,20)(H,21,22)/t15-/m0/s1. The minimum atomic E-state index is -1.10. The Morgan fingerprint density at radius 1 is 1.21 bits per heavy atom. The van der Waals surface area contributed by atoms with Crippen LogP contribution < -0.4 is 5.32 Å². The molecule has 0 fully saturated rings. The minimum absolute atomic E-state index is 0.0818. The number of hydrogen-bond donors (Lipinski definition) is 2. The molecule has 0 spiro atoms. The number of unbranched alkanes of at least 4 members (excludes halogenated alkanes) is 5. The molecule has 1 atom stereocenters. The van der Waals surface area contributed by atoms with Gasteiger partial charge in [0.1, 0.15) is 6.04 Å². The van der Waals surface area contributed by atoms with Gasteiger partial charge in [-0.2, -0.15) is 0 Å². The van der Waals surface area contributed by atoms with Gasteiger partial charge in [0, 0.05) is 17.7 Å². The van der Waals surface area contributed by atoms with Crippen molar-refractivity contribution in [3.63, 3.8) is 0 Å². The van der Waals surface area contributed by atoms with Crippen LogP contribution in [0.3, 0.4) is 0 Å². The molecule has 0 saturated heterocycles. The Morgan fingerprint density at radius 3 is 2.50 bits per heavy atom. The SMILES string of the molecule is CCCCCCCC[C@H](NC(=O)c1cccc([N+](=O)[O-])c1)C(=O)O. The van der Waals surface area contributed by atoms with E-state index in [1.54, 1.807) is 0 Å². The summed E-state index contributed by atoms with van der Waals surface area (Å²) in [7, 11) is 0. The van der Waals surface area contributed by atoms with E-state index in [0.29, 0.717) is 6.42 Å². The first-order valence-electron chi connectivity index (χ1n) is 8.23. The number of amides is 1. The summed E-state index contributed by atoms with van der Waals surface area (Å²) in [6.07, 6.45) is 6.50. The van der Waals surface area contributed by atoms with Crippen LogP contribution in [0.1, 0.15) is 62.2 Å². The van der Waals surface area contributed by atoms with Crippen LogP contribution in [0.15, 0.2) is 24.3 Å². The number of nitro benzene ring substituents is 1. The number of carbonyl (C=O) groups is 2. The molecule has 2 N–H and O–H groups in total. The number of carbonyl (C=O) groups excluding carboxylic acids is 1. The maximum Gasteiger partial charge on any atom is 0.326 e. The van der Waals surface area contributed by atoms with Crippen molar-refractivity contribution < 1.29 is 19.6 Å². The minimum Gasteiger partial charge on any atom is -0.480 e. The van der Waals surface area contributed by atoms with Crippen LogP contribution in [0, 0.1) is 10.1 Å². The third kappa shape index (κ3) is 6.76. The number of hydrogen-bond acceptors (Lipinski definition) is 4. The molecule has 0 aliphatic heterocycles. The molecule has 0 bridgehead atoms. The molecule has 0 saturated carbocycles. The number of carboxylic acids is 1. The van der Waals surface area contributed by atoms with E-state index in [-0.39, 0.29) is 11.3 Å². The van der Waals surface area contributed by atoms with Gasteiger partial charge in [-0.15, -0.1) is 0 Å². The van der Waals surface area contributed by atoms with Crippen LogP contribution >= 0.6 is 0 Å². The second kappa shape index (κ2) is 10.4. The molecular formula is C17H24N2O5. The van der Waals surface area contributed by atoms with Crippen molar-refractivity contribution in [2.45, 2.75) is 57.9 Å². The molecule has 24 heavy (non-hydrogen) atoms. The summed E-state index contributed by atoms with van der Waals surface area (Å²) in [6.45, 7) is 2.13. The highest BCUT2D eigenvalue weighted by Gasteiger charge is 2.21. The Bertz CT molecular complexity index is 574. The molecular weight excluding hydrogens is 312 g/mol. The third-order valence-electron chi connectivity index (χ3n) is 3.77. The van der Waals surface area contributed by atoms with Crippen LogP contribution in [-0.2, 0) is 4.79 Å². The maximum atomic E-state index is 12.1. The molecule has 1 aromatic carbocycles. The van der Waals surface area contributed by atoms with Crippen molar-refractivity contribution >= 4 is 17.6 Å². The smallest absolute Gasteiger partial charge is 0.326 e. The van der Waals surface area contributed by atoms with E-state index in [0.717, 1.165) is 38.2 Å². The van der Waals surface area contributed by atoms with E-state index < -0.39 is 22.8 Å². The van der Waals surface area contributed by atoms with E-state index >= 15 is 0 Å². The van der Waals surface area contributed by atoms with Crippen LogP contribution in [0.5, 0.6) is 0 Å². The molecule has 1 amide bonds. The Labute approximate surface area is 141 Å². The predicted octanol–water partition coefficient (Wildman–Crippen LogP) is 3.53. The first kappa shape index (κ1) is 19.6. The highest BCUT2D eigenvalue weighted by Crippen LogP contribution is 2.14. The number of aliphatic carboxylic acids is 1. The van der Waals surface area contributed by atoms with Gasteiger partial charge in [0.25, 0.3) is 11.6 Å². The summed E-state index contributed by atoms with van der Waals surface area (Å²) in [5, 5.41) is 22.4. The van der Waals surface area contributed by atoms with E-state index in [9.17, 15) is 24.8 Å². The van der Waals surface area contributed by atoms with Crippen LogP contribution in [0.4, 0.5) is 5.69 Å².